The van der Waals surface area contributed by atoms with E-state index in [1.165, 1.54) is 31.5 Å². The van der Waals surface area contributed by atoms with E-state index in [-0.39, 0.29) is 28.6 Å². The predicted molar refractivity (Wildman–Crippen MR) is 123 cm³/mol. The maximum atomic E-state index is 14.3. The van der Waals surface area contributed by atoms with Crippen LogP contribution in [0.5, 0.6) is 5.75 Å². The van der Waals surface area contributed by atoms with Crippen LogP contribution < -0.4 is 10.1 Å². The minimum Gasteiger partial charge on any atom is -0.495 e. The molecular formula is C25H24ClF2N3O2. The minimum atomic E-state index is -0.356. The van der Waals surface area contributed by atoms with E-state index in [0.717, 1.165) is 25.9 Å². The number of hydrogen-bond acceptors (Lipinski definition) is 4. The van der Waals surface area contributed by atoms with Gasteiger partial charge >= 0.3 is 0 Å². The lowest BCUT2D eigenvalue weighted by Crippen LogP contribution is -2.44. The van der Waals surface area contributed by atoms with Crippen molar-refractivity contribution in [2.75, 3.05) is 20.2 Å². The summed E-state index contributed by atoms with van der Waals surface area (Å²) in [6.45, 7) is 1.91. The lowest BCUT2D eigenvalue weighted by atomic mass is 10.0. The third kappa shape index (κ3) is 5.67. The van der Waals surface area contributed by atoms with Crippen molar-refractivity contribution in [2.24, 2.45) is 0 Å². The summed E-state index contributed by atoms with van der Waals surface area (Å²) in [6, 6.07) is 12.5. The Hall–Kier alpha value is -3.03. The van der Waals surface area contributed by atoms with Gasteiger partial charge in [0.1, 0.15) is 17.4 Å². The molecule has 0 unspecified atom stereocenters. The Kier molecular flexibility index (Phi) is 7.20. The molecule has 172 valence electrons. The number of nitrogens with one attached hydrogen (secondary N) is 1. The van der Waals surface area contributed by atoms with Crippen molar-refractivity contribution in [1.82, 2.24) is 15.2 Å². The lowest BCUT2D eigenvalue weighted by molar-refractivity contribution is 0.0908. The molecule has 2 aromatic carbocycles. The third-order valence-electron chi connectivity index (χ3n) is 5.78. The number of likely N-dealkylation sites (tertiary alicyclic amines) is 1. The molecule has 1 aliphatic heterocycles. The number of methoxy groups -OCH3 is 1. The van der Waals surface area contributed by atoms with Crippen molar-refractivity contribution in [2.45, 2.75) is 25.4 Å². The molecule has 8 heteroatoms. The van der Waals surface area contributed by atoms with E-state index < -0.39 is 0 Å². The van der Waals surface area contributed by atoms with Crippen LogP contribution in [0.25, 0.3) is 11.3 Å². The summed E-state index contributed by atoms with van der Waals surface area (Å²) in [7, 11) is 1.50. The lowest BCUT2D eigenvalue weighted by Gasteiger charge is -2.32. The van der Waals surface area contributed by atoms with Crippen LogP contribution in [0.3, 0.4) is 0 Å². The highest BCUT2D eigenvalue weighted by molar-refractivity contribution is 6.32. The average Bonchev–Trinajstić information content (AvgIpc) is 2.82. The van der Waals surface area contributed by atoms with Gasteiger partial charge in [-0.2, -0.15) is 0 Å². The van der Waals surface area contributed by atoms with Gasteiger partial charge in [0.15, 0.2) is 0 Å². The number of halogens is 3. The summed E-state index contributed by atoms with van der Waals surface area (Å²) in [6.07, 6.45) is 3.02. The van der Waals surface area contributed by atoms with Crippen LogP contribution in [0.2, 0.25) is 5.02 Å². The molecule has 0 bridgehead atoms. The number of nitrogens with zero attached hydrogens (tertiary/aromatic N) is 2. The first-order valence-electron chi connectivity index (χ1n) is 10.7. The molecule has 4 rings (SSSR count). The molecule has 0 saturated carbocycles. The van der Waals surface area contributed by atoms with Gasteiger partial charge in [0.2, 0.25) is 0 Å². The Labute approximate surface area is 196 Å². The van der Waals surface area contributed by atoms with Crippen molar-refractivity contribution in [3.63, 3.8) is 0 Å². The largest absolute Gasteiger partial charge is 0.495 e. The van der Waals surface area contributed by atoms with Gasteiger partial charge in [0.25, 0.3) is 5.91 Å². The third-order valence-corrected chi connectivity index (χ3v) is 6.08. The monoisotopic (exact) mass is 471 g/mol. The SMILES string of the molecule is COc1cc(CN2CCC(NC(=O)c3ccc(-c4cccc(F)c4)nc3)CC2)c(F)cc1Cl. The zero-order valence-electron chi connectivity index (χ0n) is 18.2. The standard InChI is InChI=1S/C25H24ClF2N3O2/c1-33-24-12-18(22(28)13-21(24)26)15-31-9-7-20(8-10-31)30-25(32)17-5-6-23(29-14-17)16-3-2-4-19(27)11-16/h2-6,11-14,20H,7-10,15H2,1H3,(H,30,32). The highest BCUT2D eigenvalue weighted by atomic mass is 35.5. The molecule has 2 heterocycles. The smallest absolute Gasteiger partial charge is 0.253 e. The molecule has 1 N–H and O–H groups in total. The topological polar surface area (TPSA) is 54.5 Å². The van der Waals surface area contributed by atoms with E-state index in [9.17, 15) is 13.6 Å². The summed E-state index contributed by atoms with van der Waals surface area (Å²) >= 11 is 5.97. The number of pyridine rings is 1. The van der Waals surface area contributed by atoms with E-state index in [2.05, 4.69) is 15.2 Å². The van der Waals surface area contributed by atoms with E-state index >= 15 is 0 Å². The molecule has 33 heavy (non-hydrogen) atoms. The number of benzene rings is 2. The van der Waals surface area contributed by atoms with Crippen LogP contribution >= 0.6 is 11.6 Å². The van der Waals surface area contributed by atoms with E-state index in [1.807, 2.05) is 0 Å². The molecule has 1 fully saturated rings. The highest BCUT2D eigenvalue weighted by Gasteiger charge is 2.22. The second-order valence-corrected chi connectivity index (χ2v) is 8.45. The molecule has 0 radical (unpaired) electrons. The Morgan fingerprint density at radius 1 is 1.18 bits per heavy atom. The first-order chi connectivity index (χ1) is 15.9. The van der Waals surface area contributed by atoms with Crippen molar-refractivity contribution in [3.05, 3.63) is 82.5 Å². The second-order valence-electron chi connectivity index (χ2n) is 8.04. The molecule has 1 amide bonds. The quantitative estimate of drug-likeness (QED) is 0.544. The Bertz CT molecular complexity index is 1130. The van der Waals surface area contributed by atoms with Gasteiger partial charge in [0.05, 0.1) is 23.4 Å². The number of ether oxygens (including phenoxy) is 1. The van der Waals surface area contributed by atoms with E-state index in [4.69, 9.17) is 16.3 Å². The molecule has 0 spiro atoms. The maximum absolute atomic E-state index is 14.3. The van der Waals surface area contributed by atoms with E-state index in [1.54, 1.807) is 30.3 Å². The minimum absolute atomic E-state index is 0.0289. The fraction of sp³-hybridized carbons (Fsp3) is 0.280. The van der Waals surface area contributed by atoms with Crippen molar-refractivity contribution < 1.29 is 18.3 Å². The number of rotatable bonds is 6. The van der Waals surface area contributed by atoms with Gasteiger partial charge in [-0.05, 0) is 49.2 Å². The molecule has 3 aromatic rings. The van der Waals surface area contributed by atoms with Gasteiger partial charge in [-0.15, -0.1) is 0 Å². The molecule has 1 saturated heterocycles. The molecular weight excluding hydrogens is 448 g/mol. The summed E-state index contributed by atoms with van der Waals surface area (Å²) in [5, 5.41) is 3.30. The van der Waals surface area contributed by atoms with Gasteiger partial charge in [-0.1, -0.05) is 23.7 Å². The molecule has 5 nitrogen and oxygen atoms in total. The van der Waals surface area contributed by atoms with Crippen molar-refractivity contribution in [1.29, 1.82) is 0 Å². The van der Waals surface area contributed by atoms with Gasteiger partial charge in [-0.3, -0.25) is 14.7 Å². The first-order valence-corrected chi connectivity index (χ1v) is 11.1. The molecule has 0 aliphatic carbocycles. The summed E-state index contributed by atoms with van der Waals surface area (Å²) < 4.78 is 32.9. The van der Waals surface area contributed by atoms with Crippen molar-refractivity contribution in [3.8, 4) is 17.0 Å². The predicted octanol–water partition coefficient (Wildman–Crippen LogP) is 5.08. The van der Waals surface area contributed by atoms with Crippen molar-refractivity contribution >= 4 is 17.5 Å². The summed E-state index contributed by atoms with van der Waals surface area (Å²) in [5.41, 5.74) is 2.24. The number of carbonyl (C=O) groups is 1. The fourth-order valence-corrected chi connectivity index (χ4v) is 4.17. The Morgan fingerprint density at radius 2 is 1.97 bits per heavy atom. The fourth-order valence-electron chi connectivity index (χ4n) is 3.94. The van der Waals surface area contributed by atoms with Crippen LogP contribution in [-0.2, 0) is 6.54 Å². The zero-order chi connectivity index (χ0) is 23.4. The number of piperidine rings is 1. The zero-order valence-corrected chi connectivity index (χ0v) is 18.9. The Morgan fingerprint density at radius 3 is 2.64 bits per heavy atom. The van der Waals surface area contributed by atoms with Crippen LogP contribution in [0.15, 0.2) is 54.7 Å². The molecule has 1 aliphatic rings. The number of aromatic nitrogens is 1. The first kappa shape index (κ1) is 23.1. The van der Waals surface area contributed by atoms with Gasteiger partial charge < -0.3 is 10.1 Å². The van der Waals surface area contributed by atoms with E-state index in [0.29, 0.717) is 34.7 Å². The summed E-state index contributed by atoms with van der Waals surface area (Å²) in [4.78, 5) is 19.1. The van der Waals surface area contributed by atoms with Gasteiger partial charge in [-0.25, -0.2) is 8.78 Å². The molecule has 1 aromatic heterocycles. The highest BCUT2D eigenvalue weighted by Crippen LogP contribution is 2.28. The summed E-state index contributed by atoms with van der Waals surface area (Å²) in [5.74, 6) is -0.432. The Balaban J connectivity index is 1.30. The van der Waals surface area contributed by atoms with Crippen LogP contribution in [0.1, 0.15) is 28.8 Å². The average molecular weight is 472 g/mol. The van der Waals surface area contributed by atoms with Crippen LogP contribution in [0, 0.1) is 11.6 Å². The number of amides is 1. The second kappa shape index (κ2) is 10.3. The number of hydrogen-bond donors (Lipinski definition) is 1. The maximum Gasteiger partial charge on any atom is 0.253 e. The molecule has 0 atom stereocenters. The number of carbonyl (C=O) groups excluding carboxylic acids is 1. The van der Waals surface area contributed by atoms with Gasteiger partial charge in [0, 0.05) is 43.0 Å². The normalized spacial score (nSPS) is 14.8. The van der Waals surface area contributed by atoms with Crippen LogP contribution in [0.4, 0.5) is 8.78 Å². The van der Waals surface area contributed by atoms with Crippen LogP contribution in [-0.4, -0.2) is 42.0 Å².